The van der Waals surface area contributed by atoms with E-state index in [1.807, 2.05) is 12.1 Å². The summed E-state index contributed by atoms with van der Waals surface area (Å²) in [7, 11) is 7.48. The minimum absolute atomic E-state index is 0.751. The number of ether oxygens (including phenoxy) is 2. The molecule has 0 atom stereocenters. The molecule has 0 unspecified atom stereocenters. The van der Waals surface area contributed by atoms with Crippen molar-refractivity contribution in [2.24, 2.45) is 0 Å². The molecule has 1 aromatic carbocycles. The fourth-order valence-electron chi connectivity index (χ4n) is 2.48. The quantitative estimate of drug-likeness (QED) is 0.797. The van der Waals surface area contributed by atoms with Crippen molar-refractivity contribution in [3.8, 4) is 11.5 Å². The monoisotopic (exact) mass is 303 g/mol. The standard InChI is InChI=1S/C17H25N3O2/c1-12-9-16(18-7-6-8-20(2)3)19-14-10-13(21-4)11-15(22-5)17(12)14/h9-11H,6-8H2,1-5H3,(H,18,19). The number of nitrogens with zero attached hydrogens (tertiary/aromatic N) is 2. The molecule has 0 radical (unpaired) electrons. The lowest BCUT2D eigenvalue weighted by Gasteiger charge is -2.14. The van der Waals surface area contributed by atoms with Gasteiger partial charge in [0.05, 0.1) is 19.7 Å². The van der Waals surface area contributed by atoms with Crippen LogP contribution < -0.4 is 14.8 Å². The second-order valence-electron chi connectivity index (χ2n) is 5.63. The van der Waals surface area contributed by atoms with Crippen LogP contribution >= 0.6 is 0 Å². The lowest BCUT2D eigenvalue weighted by atomic mass is 10.1. The highest BCUT2D eigenvalue weighted by molar-refractivity contribution is 5.91. The van der Waals surface area contributed by atoms with Gasteiger partial charge in [0.1, 0.15) is 17.3 Å². The van der Waals surface area contributed by atoms with E-state index in [4.69, 9.17) is 9.47 Å². The molecule has 120 valence electrons. The summed E-state index contributed by atoms with van der Waals surface area (Å²) in [6.07, 6.45) is 1.08. The van der Waals surface area contributed by atoms with Crippen LogP contribution in [0.25, 0.3) is 10.9 Å². The number of aromatic nitrogens is 1. The Labute approximate surface area is 132 Å². The summed E-state index contributed by atoms with van der Waals surface area (Å²) >= 11 is 0. The predicted octanol–water partition coefficient (Wildman–Crippen LogP) is 2.92. The first-order chi connectivity index (χ1) is 10.5. The van der Waals surface area contributed by atoms with Crippen molar-refractivity contribution in [3.63, 3.8) is 0 Å². The van der Waals surface area contributed by atoms with Crippen molar-refractivity contribution in [1.29, 1.82) is 0 Å². The Morgan fingerprint density at radius 2 is 1.91 bits per heavy atom. The van der Waals surface area contributed by atoms with Gasteiger partial charge in [-0.25, -0.2) is 4.98 Å². The van der Waals surface area contributed by atoms with Crippen molar-refractivity contribution in [1.82, 2.24) is 9.88 Å². The smallest absolute Gasteiger partial charge is 0.132 e. The molecule has 1 aromatic heterocycles. The van der Waals surface area contributed by atoms with Crippen LogP contribution in [0.15, 0.2) is 18.2 Å². The van der Waals surface area contributed by atoms with Crippen LogP contribution in [0.2, 0.25) is 0 Å². The zero-order chi connectivity index (χ0) is 16.1. The van der Waals surface area contributed by atoms with Crippen LogP contribution in [0, 0.1) is 6.92 Å². The van der Waals surface area contributed by atoms with Gasteiger partial charge >= 0.3 is 0 Å². The van der Waals surface area contributed by atoms with Gasteiger partial charge in [-0.1, -0.05) is 0 Å². The van der Waals surface area contributed by atoms with Gasteiger partial charge < -0.3 is 19.7 Å². The molecule has 2 aromatic rings. The SMILES string of the molecule is COc1cc(OC)c2c(C)cc(NCCCN(C)C)nc2c1. The maximum absolute atomic E-state index is 5.47. The summed E-state index contributed by atoms with van der Waals surface area (Å²) < 4.78 is 10.8. The van der Waals surface area contributed by atoms with E-state index in [9.17, 15) is 0 Å². The highest BCUT2D eigenvalue weighted by atomic mass is 16.5. The number of hydrogen-bond donors (Lipinski definition) is 1. The van der Waals surface area contributed by atoms with Crippen LogP contribution in [0.1, 0.15) is 12.0 Å². The van der Waals surface area contributed by atoms with E-state index in [0.29, 0.717) is 0 Å². The van der Waals surface area contributed by atoms with Gasteiger partial charge in [-0.3, -0.25) is 0 Å². The van der Waals surface area contributed by atoms with Gasteiger partial charge in [0, 0.05) is 24.1 Å². The van der Waals surface area contributed by atoms with Crippen LogP contribution in [0.3, 0.4) is 0 Å². The fraction of sp³-hybridized carbons (Fsp3) is 0.471. The van der Waals surface area contributed by atoms with E-state index >= 15 is 0 Å². The first kappa shape index (κ1) is 16.4. The second-order valence-corrected chi connectivity index (χ2v) is 5.63. The first-order valence-electron chi connectivity index (χ1n) is 7.47. The Kier molecular flexibility index (Phi) is 5.44. The predicted molar refractivity (Wildman–Crippen MR) is 91.2 cm³/mol. The van der Waals surface area contributed by atoms with Gasteiger partial charge in [-0.05, 0) is 45.6 Å². The van der Waals surface area contributed by atoms with Crippen LogP contribution in [0.4, 0.5) is 5.82 Å². The Balaban J connectivity index is 2.27. The number of nitrogens with one attached hydrogen (secondary N) is 1. The Morgan fingerprint density at radius 3 is 2.55 bits per heavy atom. The molecule has 5 nitrogen and oxygen atoms in total. The molecule has 0 amide bonds. The van der Waals surface area contributed by atoms with E-state index in [1.54, 1.807) is 14.2 Å². The molecule has 0 aliphatic rings. The molecule has 0 fully saturated rings. The van der Waals surface area contributed by atoms with E-state index in [-0.39, 0.29) is 0 Å². The zero-order valence-corrected chi connectivity index (χ0v) is 14.1. The maximum Gasteiger partial charge on any atom is 0.132 e. The van der Waals surface area contributed by atoms with Crippen molar-refractivity contribution >= 4 is 16.7 Å². The highest BCUT2D eigenvalue weighted by Gasteiger charge is 2.10. The van der Waals surface area contributed by atoms with Crippen LogP contribution in [-0.2, 0) is 0 Å². The zero-order valence-electron chi connectivity index (χ0n) is 14.1. The van der Waals surface area contributed by atoms with Gasteiger partial charge in [0.2, 0.25) is 0 Å². The second kappa shape index (κ2) is 7.31. The molecule has 0 bridgehead atoms. The molecule has 0 saturated heterocycles. The average molecular weight is 303 g/mol. The minimum atomic E-state index is 0.751. The maximum atomic E-state index is 5.47. The van der Waals surface area contributed by atoms with Gasteiger partial charge in [-0.15, -0.1) is 0 Å². The molecule has 0 aliphatic heterocycles. The number of anilines is 1. The van der Waals surface area contributed by atoms with E-state index in [2.05, 4.69) is 42.3 Å². The average Bonchev–Trinajstić information content (AvgIpc) is 2.50. The summed E-state index contributed by atoms with van der Waals surface area (Å²) in [6, 6.07) is 5.89. The fourth-order valence-corrected chi connectivity index (χ4v) is 2.48. The largest absolute Gasteiger partial charge is 0.497 e. The number of hydrogen-bond acceptors (Lipinski definition) is 5. The number of methoxy groups -OCH3 is 2. The van der Waals surface area contributed by atoms with E-state index in [1.165, 1.54) is 0 Å². The molecule has 0 saturated carbocycles. The molecule has 1 N–H and O–H groups in total. The van der Waals surface area contributed by atoms with Crippen molar-refractivity contribution in [2.75, 3.05) is 46.7 Å². The van der Waals surface area contributed by atoms with E-state index < -0.39 is 0 Å². The Hall–Kier alpha value is -2.01. The molecular weight excluding hydrogens is 278 g/mol. The van der Waals surface area contributed by atoms with Crippen molar-refractivity contribution in [3.05, 3.63) is 23.8 Å². The topological polar surface area (TPSA) is 46.6 Å². The van der Waals surface area contributed by atoms with E-state index in [0.717, 1.165) is 53.3 Å². The molecule has 0 aliphatic carbocycles. The summed E-state index contributed by atoms with van der Waals surface area (Å²) in [5.41, 5.74) is 2.02. The number of fused-ring (bicyclic) bond motifs is 1. The highest BCUT2D eigenvalue weighted by Crippen LogP contribution is 2.33. The lowest BCUT2D eigenvalue weighted by molar-refractivity contribution is 0.397. The Morgan fingerprint density at radius 1 is 1.14 bits per heavy atom. The molecular formula is C17H25N3O2. The summed E-state index contributed by atoms with van der Waals surface area (Å²) in [6.45, 7) is 4.03. The normalized spacial score (nSPS) is 11.0. The summed E-state index contributed by atoms with van der Waals surface area (Å²) in [4.78, 5) is 6.86. The molecule has 0 spiro atoms. The van der Waals surface area contributed by atoms with Crippen LogP contribution in [-0.4, -0.2) is 51.3 Å². The minimum Gasteiger partial charge on any atom is -0.497 e. The van der Waals surface area contributed by atoms with Crippen LogP contribution in [0.5, 0.6) is 11.5 Å². The third kappa shape index (κ3) is 3.80. The third-order valence-electron chi connectivity index (χ3n) is 3.59. The first-order valence-corrected chi connectivity index (χ1v) is 7.47. The van der Waals surface area contributed by atoms with Gasteiger partial charge in [0.25, 0.3) is 0 Å². The third-order valence-corrected chi connectivity index (χ3v) is 3.59. The lowest BCUT2D eigenvalue weighted by Crippen LogP contribution is -2.16. The Bertz CT molecular complexity index is 641. The number of aryl methyl sites for hydroxylation is 1. The summed E-state index contributed by atoms with van der Waals surface area (Å²) in [5.74, 6) is 2.43. The molecule has 2 rings (SSSR count). The molecule has 22 heavy (non-hydrogen) atoms. The molecule has 1 heterocycles. The van der Waals surface area contributed by atoms with Crippen molar-refractivity contribution in [2.45, 2.75) is 13.3 Å². The van der Waals surface area contributed by atoms with Gasteiger partial charge in [0.15, 0.2) is 0 Å². The van der Waals surface area contributed by atoms with Crippen molar-refractivity contribution < 1.29 is 9.47 Å². The molecule has 5 heteroatoms. The summed E-state index contributed by atoms with van der Waals surface area (Å²) in [5, 5.41) is 4.42. The number of rotatable bonds is 7. The number of pyridine rings is 1. The van der Waals surface area contributed by atoms with Gasteiger partial charge in [-0.2, -0.15) is 0 Å². The number of benzene rings is 1.